The second-order valence-electron chi connectivity index (χ2n) is 4.32. The number of nitrogens with two attached hydrogens (primary N) is 1. The predicted octanol–water partition coefficient (Wildman–Crippen LogP) is 0.411. The lowest BCUT2D eigenvalue weighted by atomic mass is 10.0. The Bertz CT molecular complexity index is 409. The molecule has 0 fully saturated rings. The lowest BCUT2D eigenvalue weighted by Gasteiger charge is -2.26. The van der Waals surface area contributed by atoms with Crippen LogP contribution in [-0.2, 0) is 11.4 Å². The molecule has 1 rings (SSSR count). The van der Waals surface area contributed by atoms with Crippen LogP contribution in [0.5, 0.6) is 5.75 Å². The van der Waals surface area contributed by atoms with Gasteiger partial charge in [0.25, 0.3) is 0 Å². The van der Waals surface area contributed by atoms with Crippen molar-refractivity contribution in [3.05, 3.63) is 29.8 Å². The number of ether oxygens (including phenoxy) is 1. The van der Waals surface area contributed by atoms with Crippen molar-refractivity contribution in [1.82, 2.24) is 5.32 Å². The van der Waals surface area contributed by atoms with Crippen molar-refractivity contribution in [3.8, 4) is 5.75 Å². The summed E-state index contributed by atoms with van der Waals surface area (Å²) in [6.45, 7) is 4.32. The number of nitrogens with one attached hydrogen (secondary N) is 1. The van der Waals surface area contributed by atoms with Crippen LogP contribution >= 0.6 is 0 Å². The minimum Gasteiger partial charge on any atom is -0.491 e. The number of carbonyl (C=O) groups excluding carboxylic acids is 1. The van der Waals surface area contributed by atoms with Gasteiger partial charge >= 0.3 is 0 Å². The van der Waals surface area contributed by atoms with E-state index in [9.17, 15) is 4.79 Å². The molecule has 1 unspecified atom stereocenters. The van der Waals surface area contributed by atoms with Gasteiger partial charge in [-0.2, -0.15) is 0 Å². The Labute approximate surface area is 107 Å². The summed E-state index contributed by atoms with van der Waals surface area (Å²) in [4.78, 5) is 11.4. The molecule has 100 valence electrons. The third-order valence-corrected chi connectivity index (χ3v) is 2.72. The van der Waals surface area contributed by atoms with E-state index < -0.39 is 11.4 Å². The molecular formula is C13H20N2O3. The summed E-state index contributed by atoms with van der Waals surface area (Å²) >= 11 is 0. The summed E-state index contributed by atoms with van der Waals surface area (Å²) in [5.74, 6) is 0.148. The van der Waals surface area contributed by atoms with Gasteiger partial charge in [0.1, 0.15) is 17.9 Å². The number of primary amides is 1. The van der Waals surface area contributed by atoms with Gasteiger partial charge in [-0.1, -0.05) is 19.1 Å². The second kappa shape index (κ2) is 6.37. The minimum absolute atomic E-state index is 0.0441. The van der Waals surface area contributed by atoms with E-state index >= 15 is 0 Å². The SMILES string of the molecule is CCNC(C)(COc1cccc(CO)c1)C(N)=O. The van der Waals surface area contributed by atoms with Gasteiger partial charge in [0.05, 0.1) is 6.61 Å². The fraction of sp³-hybridized carbons (Fsp3) is 0.462. The van der Waals surface area contributed by atoms with Crippen molar-refractivity contribution in [3.63, 3.8) is 0 Å². The molecular weight excluding hydrogens is 232 g/mol. The first-order chi connectivity index (χ1) is 8.51. The van der Waals surface area contributed by atoms with Crippen molar-refractivity contribution in [2.45, 2.75) is 26.0 Å². The smallest absolute Gasteiger partial charge is 0.240 e. The van der Waals surface area contributed by atoms with Gasteiger partial charge in [-0.15, -0.1) is 0 Å². The number of carbonyl (C=O) groups is 1. The van der Waals surface area contributed by atoms with Gasteiger partial charge in [-0.25, -0.2) is 0 Å². The lowest BCUT2D eigenvalue weighted by molar-refractivity contribution is -0.124. The van der Waals surface area contributed by atoms with Crippen LogP contribution in [0.3, 0.4) is 0 Å². The second-order valence-corrected chi connectivity index (χ2v) is 4.32. The maximum atomic E-state index is 11.4. The van der Waals surface area contributed by atoms with Crippen LogP contribution in [0.2, 0.25) is 0 Å². The van der Waals surface area contributed by atoms with E-state index in [4.69, 9.17) is 15.6 Å². The summed E-state index contributed by atoms with van der Waals surface area (Å²) in [5, 5.41) is 12.0. The van der Waals surface area contributed by atoms with Gasteiger partial charge in [0, 0.05) is 0 Å². The largest absolute Gasteiger partial charge is 0.491 e. The maximum Gasteiger partial charge on any atom is 0.240 e. The third-order valence-electron chi connectivity index (χ3n) is 2.72. The Morgan fingerprint density at radius 3 is 2.83 bits per heavy atom. The average Bonchev–Trinajstić information content (AvgIpc) is 2.37. The van der Waals surface area contributed by atoms with Gasteiger partial charge in [0.15, 0.2) is 0 Å². The fourth-order valence-electron chi connectivity index (χ4n) is 1.56. The summed E-state index contributed by atoms with van der Waals surface area (Å²) in [6, 6.07) is 7.08. The van der Waals surface area contributed by atoms with E-state index in [0.717, 1.165) is 5.56 Å². The molecule has 1 atom stereocenters. The molecule has 4 N–H and O–H groups in total. The zero-order valence-corrected chi connectivity index (χ0v) is 10.8. The predicted molar refractivity (Wildman–Crippen MR) is 69.1 cm³/mol. The molecule has 1 amide bonds. The summed E-state index contributed by atoms with van der Waals surface area (Å²) in [7, 11) is 0. The number of amides is 1. The first-order valence-corrected chi connectivity index (χ1v) is 5.89. The highest BCUT2D eigenvalue weighted by Crippen LogP contribution is 2.15. The Morgan fingerprint density at radius 2 is 2.28 bits per heavy atom. The number of aliphatic hydroxyl groups is 1. The zero-order chi connectivity index (χ0) is 13.6. The Balaban J connectivity index is 2.69. The molecule has 0 aromatic heterocycles. The van der Waals surface area contributed by atoms with Crippen molar-refractivity contribution < 1.29 is 14.6 Å². The summed E-state index contributed by atoms with van der Waals surface area (Å²) in [6.07, 6.45) is 0. The van der Waals surface area contributed by atoms with E-state index in [1.165, 1.54) is 0 Å². The van der Waals surface area contributed by atoms with E-state index in [0.29, 0.717) is 12.3 Å². The zero-order valence-electron chi connectivity index (χ0n) is 10.8. The molecule has 0 aliphatic rings. The van der Waals surface area contributed by atoms with Crippen LogP contribution in [-0.4, -0.2) is 29.7 Å². The molecule has 1 aromatic rings. The molecule has 0 aliphatic heterocycles. The van der Waals surface area contributed by atoms with E-state index in [1.807, 2.05) is 6.92 Å². The number of aliphatic hydroxyl groups excluding tert-OH is 1. The summed E-state index contributed by atoms with van der Waals surface area (Å²) < 4.78 is 5.55. The minimum atomic E-state index is -0.899. The number of benzene rings is 1. The average molecular weight is 252 g/mol. The quantitative estimate of drug-likeness (QED) is 0.656. The van der Waals surface area contributed by atoms with E-state index in [1.54, 1.807) is 31.2 Å². The maximum absolute atomic E-state index is 11.4. The molecule has 0 saturated carbocycles. The van der Waals surface area contributed by atoms with Crippen molar-refractivity contribution in [2.75, 3.05) is 13.2 Å². The topological polar surface area (TPSA) is 84.6 Å². The third kappa shape index (κ3) is 3.72. The Hall–Kier alpha value is -1.59. The van der Waals surface area contributed by atoms with Crippen LogP contribution in [0.1, 0.15) is 19.4 Å². The molecule has 0 bridgehead atoms. The Kier molecular flexibility index (Phi) is 5.12. The van der Waals surface area contributed by atoms with Gasteiger partial charge in [-0.05, 0) is 31.2 Å². The van der Waals surface area contributed by atoms with E-state index in [-0.39, 0.29) is 13.2 Å². The molecule has 0 radical (unpaired) electrons. The highest BCUT2D eigenvalue weighted by atomic mass is 16.5. The monoisotopic (exact) mass is 252 g/mol. The highest BCUT2D eigenvalue weighted by Gasteiger charge is 2.30. The first kappa shape index (κ1) is 14.5. The van der Waals surface area contributed by atoms with Crippen LogP contribution in [0.25, 0.3) is 0 Å². The summed E-state index contributed by atoms with van der Waals surface area (Å²) in [5.41, 5.74) is 5.22. The van der Waals surface area contributed by atoms with Crippen LogP contribution in [0, 0.1) is 0 Å². The number of hydrogen-bond acceptors (Lipinski definition) is 4. The standard InChI is InChI=1S/C13H20N2O3/c1-3-15-13(2,12(14)17)9-18-11-6-4-5-10(7-11)8-16/h4-7,15-16H,3,8-9H2,1-2H3,(H2,14,17). The van der Waals surface area contributed by atoms with Crippen LogP contribution in [0.4, 0.5) is 0 Å². The van der Waals surface area contributed by atoms with Gasteiger partial charge in [-0.3, -0.25) is 4.79 Å². The molecule has 0 aliphatic carbocycles. The lowest BCUT2D eigenvalue weighted by Crippen LogP contribution is -2.57. The fourth-order valence-corrected chi connectivity index (χ4v) is 1.56. The molecule has 5 heteroatoms. The van der Waals surface area contributed by atoms with Crippen molar-refractivity contribution in [1.29, 1.82) is 0 Å². The Morgan fingerprint density at radius 1 is 1.56 bits per heavy atom. The van der Waals surface area contributed by atoms with Crippen LogP contribution < -0.4 is 15.8 Å². The van der Waals surface area contributed by atoms with Crippen molar-refractivity contribution >= 4 is 5.91 Å². The molecule has 0 saturated heterocycles. The number of hydrogen-bond donors (Lipinski definition) is 3. The van der Waals surface area contributed by atoms with Gasteiger partial charge < -0.3 is 20.9 Å². The molecule has 18 heavy (non-hydrogen) atoms. The molecule has 0 heterocycles. The van der Waals surface area contributed by atoms with E-state index in [2.05, 4.69) is 5.32 Å². The molecule has 0 spiro atoms. The van der Waals surface area contributed by atoms with Gasteiger partial charge in [0.2, 0.25) is 5.91 Å². The number of rotatable bonds is 7. The number of likely N-dealkylation sites (N-methyl/N-ethyl adjacent to an activating group) is 1. The van der Waals surface area contributed by atoms with Crippen LogP contribution in [0.15, 0.2) is 24.3 Å². The molecule has 5 nitrogen and oxygen atoms in total. The normalized spacial score (nSPS) is 13.9. The first-order valence-electron chi connectivity index (χ1n) is 5.89. The highest BCUT2D eigenvalue weighted by molar-refractivity contribution is 5.84. The molecule has 1 aromatic carbocycles. The van der Waals surface area contributed by atoms with Crippen molar-refractivity contribution in [2.24, 2.45) is 5.73 Å².